The molecule has 3 rings (SSSR count). The molecule has 1 aliphatic carbocycles. The van der Waals surface area contributed by atoms with Crippen molar-refractivity contribution in [2.24, 2.45) is 11.8 Å². The summed E-state index contributed by atoms with van der Waals surface area (Å²) in [5.41, 5.74) is 5.74. The summed E-state index contributed by atoms with van der Waals surface area (Å²) >= 11 is 0. The summed E-state index contributed by atoms with van der Waals surface area (Å²) in [6.07, 6.45) is 6.69. The lowest BCUT2D eigenvalue weighted by atomic mass is 9.92. The Morgan fingerprint density at radius 3 is 2.40 bits per heavy atom. The van der Waals surface area contributed by atoms with Gasteiger partial charge in [-0.25, -0.2) is 0 Å². The van der Waals surface area contributed by atoms with Crippen molar-refractivity contribution in [3.8, 4) is 0 Å². The third kappa shape index (κ3) is 4.11. The van der Waals surface area contributed by atoms with Gasteiger partial charge in [-0.1, -0.05) is 33.1 Å². The molecule has 0 bridgehead atoms. The molecule has 0 aromatic carbocycles. The van der Waals surface area contributed by atoms with Gasteiger partial charge in [0.15, 0.2) is 0 Å². The van der Waals surface area contributed by atoms with Crippen LogP contribution in [0.4, 0.5) is 23.3 Å². The van der Waals surface area contributed by atoms with Gasteiger partial charge in [0.25, 0.3) is 0 Å². The van der Waals surface area contributed by atoms with E-state index < -0.39 is 4.92 Å². The molecular formula is C17H28N6O2. The number of hydrogen-bond donors (Lipinski definition) is 2. The number of nitro groups is 1. The number of nitrogens with zero attached hydrogens (tertiary/aromatic N) is 4. The molecule has 0 spiro atoms. The maximum absolute atomic E-state index is 11.5. The number of hydrogen-bond acceptors (Lipinski definition) is 7. The Labute approximate surface area is 148 Å². The Bertz CT molecular complexity index is 622. The van der Waals surface area contributed by atoms with Gasteiger partial charge in [0.2, 0.25) is 17.6 Å². The minimum atomic E-state index is -0.480. The number of nitrogens with one attached hydrogen (secondary N) is 1. The van der Waals surface area contributed by atoms with Crippen LogP contribution in [0.2, 0.25) is 0 Å². The van der Waals surface area contributed by atoms with Crippen molar-refractivity contribution in [1.82, 2.24) is 9.97 Å². The highest BCUT2D eigenvalue weighted by Gasteiger charge is 2.29. The SMILES string of the molecule is C[C@@H]1C[C@@H](C)CN(c2nc(N)c([N+](=O)[O-])c(NC3CCCCC3)n2)C1. The Hall–Kier alpha value is -2.12. The molecule has 0 amide bonds. The highest BCUT2D eigenvalue weighted by atomic mass is 16.6. The van der Waals surface area contributed by atoms with E-state index in [2.05, 4.69) is 34.0 Å². The number of anilines is 3. The van der Waals surface area contributed by atoms with Crippen LogP contribution in [0.25, 0.3) is 0 Å². The largest absolute Gasteiger partial charge is 0.378 e. The molecule has 0 unspecified atom stereocenters. The zero-order valence-corrected chi connectivity index (χ0v) is 15.1. The van der Waals surface area contributed by atoms with Crippen LogP contribution < -0.4 is 16.0 Å². The predicted octanol–water partition coefficient (Wildman–Crippen LogP) is 3.19. The lowest BCUT2D eigenvalue weighted by Gasteiger charge is -2.35. The molecule has 8 nitrogen and oxygen atoms in total. The zero-order chi connectivity index (χ0) is 18.0. The van der Waals surface area contributed by atoms with E-state index in [0.29, 0.717) is 17.8 Å². The van der Waals surface area contributed by atoms with Crippen molar-refractivity contribution in [2.75, 3.05) is 29.0 Å². The molecule has 2 fully saturated rings. The molecule has 138 valence electrons. The van der Waals surface area contributed by atoms with E-state index in [1.807, 2.05) is 0 Å². The quantitative estimate of drug-likeness (QED) is 0.635. The fourth-order valence-corrected chi connectivity index (χ4v) is 4.15. The first-order chi connectivity index (χ1) is 11.9. The van der Waals surface area contributed by atoms with Crippen molar-refractivity contribution < 1.29 is 4.92 Å². The van der Waals surface area contributed by atoms with E-state index in [4.69, 9.17) is 5.73 Å². The second kappa shape index (κ2) is 7.41. The number of nitrogens with two attached hydrogens (primary N) is 1. The van der Waals surface area contributed by atoms with Gasteiger partial charge >= 0.3 is 5.69 Å². The molecule has 25 heavy (non-hydrogen) atoms. The molecule has 1 aromatic heterocycles. The molecular weight excluding hydrogens is 320 g/mol. The summed E-state index contributed by atoms with van der Waals surface area (Å²) in [5.74, 6) is 1.79. The van der Waals surface area contributed by atoms with E-state index in [1.54, 1.807) is 0 Å². The van der Waals surface area contributed by atoms with Gasteiger partial charge in [-0.2, -0.15) is 9.97 Å². The maximum Gasteiger partial charge on any atom is 0.353 e. The van der Waals surface area contributed by atoms with Crippen LogP contribution in [0.1, 0.15) is 52.4 Å². The van der Waals surface area contributed by atoms with Crippen LogP contribution in [0, 0.1) is 22.0 Å². The summed E-state index contributed by atoms with van der Waals surface area (Å²) < 4.78 is 0. The topological polar surface area (TPSA) is 110 Å². The molecule has 0 radical (unpaired) electrons. The molecule has 1 aliphatic heterocycles. The number of rotatable bonds is 4. The fourth-order valence-electron chi connectivity index (χ4n) is 4.15. The Morgan fingerprint density at radius 1 is 1.16 bits per heavy atom. The summed E-state index contributed by atoms with van der Waals surface area (Å²) in [7, 11) is 0. The van der Waals surface area contributed by atoms with Crippen molar-refractivity contribution in [3.05, 3.63) is 10.1 Å². The van der Waals surface area contributed by atoms with Crippen LogP contribution in [-0.2, 0) is 0 Å². The smallest absolute Gasteiger partial charge is 0.353 e. The van der Waals surface area contributed by atoms with Crippen LogP contribution in [0.5, 0.6) is 0 Å². The van der Waals surface area contributed by atoms with E-state index in [-0.39, 0.29) is 23.4 Å². The van der Waals surface area contributed by atoms with Crippen LogP contribution in [0.15, 0.2) is 0 Å². The molecule has 8 heteroatoms. The van der Waals surface area contributed by atoms with Crippen molar-refractivity contribution in [3.63, 3.8) is 0 Å². The molecule has 1 aromatic rings. The van der Waals surface area contributed by atoms with Gasteiger partial charge in [0.05, 0.1) is 4.92 Å². The fraction of sp³-hybridized carbons (Fsp3) is 0.765. The summed E-state index contributed by atoms with van der Waals surface area (Å²) in [4.78, 5) is 21.9. The highest BCUT2D eigenvalue weighted by Crippen LogP contribution is 2.34. The summed E-state index contributed by atoms with van der Waals surface area (Å²) in [5, 5.41) is 14.7. The molecule has 2 atom stereocenters. The van der Waals surface area contributed by atoms with Gasteiger partial charge in [-0.15, -0.1) is 0 Å². The van der Waals surface area contributed by atoms with Crippen LogP contribution >= 0.6 is 0 Å². The highest BCUT2D eigenvalue weighted by molar-refractivity contribution is 5.70. The van der Waals surface area contributed by atoms with Crippen molar-refractivity contribution in [1.29, 1.82) is 0 Å². The summed E-state index contributed by atoms with van der Waals surface area (Å²) in [6.45, 7) is 6.12. The zero-order valence-electron chi connectivity index (χ0n) is 15.1. The predicted molar refractivity (Wildman–Crippen MR) is 98.8 cm³/mol. The second-order valence-electron chi connectivity index (χ2n) is 7.69. The van der Waals surface area contributed by atoms with Gasteiger partial charge in [-0.05, 0) is 31.1 Å². The minimum Gasteiger partial charge on any atom is -0.378 e. The second-order valence-corrected chi connectivity index (χ2v) is 7.69. The Balaban J connectivity index is 1.90. The van der Waals surface area contributed by atoms with E-state index in [9.17, 15) is 10.1 Å². The molecule has 1 saturated heterocycles. The van der Waals surface area contributed by atoms with Gasteiger partial charge in [0, 0.05) is 19.1 Å². The number of piperidine rings is 1. The van der Waals surface area contributed by atoms with Gasteiger partial charge in [0.1, 0.15) is 0 Å². The molecule has 2 aliphatic rings. The maximum atomic E-state index is 11.5. The lowest BCUT2D eigenvalue weighted by Crippen LogP contribution is -2.40. The first kappa shape index (κ1) is 17.7. The third-order valence-electron chi connectivity index (χ3n) is 5.18. The molecule has 1 saturated carbocycles. The van der Waals surface area contributed by atoms with E-state index in [1.165, 1.54) is 12.8 Å². The van der Waals surface area contributed by atoms with Crippen LogP contribution in [0.3, 0.4) is 0 Å². The molecule has 2 heterocycles. The third-order valence-corrected chi connectivity index (χ3v) is 5.18. The van der Waals surface area contributed by atoms with Crippen LogP contribution in [-0.4, -0.2) is 34.0 Å². The first-order valence-electron chi connectivity index (χ1n) is 9.27. The average Bonchev–Trinajstić information content (AvgIpc) is 2.54. The number of nitrogen functional groups attached to an aromatic ring is 1. The van der Waals surface area contributed by atoms with Crippen molar-refractivity contribution >= 4 is 23.3 Å². The number of aromatic nitrogens is 2. The van der Waals surface area contributed by atoms with E-state index in [0.717, 1.165) is 38.8 Å². The van der Waals surface area contributed by atoms with Gasteiger partial charge < -0.3 is 16.0 Å². The summed E-state index contributed by atoms with van der Waals surface area (Å²) in [6, 6.07) is 0.216. The lowest BCUT2D eigenvalue weighted by molar-refractivity contribution is -0.383. The molecule has 3 N–H and O–H groups in total. The standard InChI is InChI=1S/C17H28N6O2/c1-11-8-12(2)10-22(9-11)17-20-15(18)14(23(24)25)16(21-17)19-13-6-4-3-5-7-13/h11-13H,3-10H2,1-2H3,(H3,18,19,20,21)/t11-,12-/m1/s1. The van der Waals surface area contributed by atoms with Gasteiger partial charge in [-0.3, -0.25) is 10.1 Å². The van der Waals surface area contributed by atoms with Crippen molar-refractivity contribution in [2.45, 2.75) is 58.4 Å². The monoisotopic (exact) mass is 348 g/mol. The first-order valence-corrected chi connectivity index (χ1v) is 9.27. The minimum absolute atomic E-state index is 0.0563. The average molecular weight is 348 g/mol. The Kier molecular flexibility index (Phi) is 5.24. The normalized spacial score (nSPS) is 25.0. The Morgan fingerprint density at radius 2 is 1.80 bits per heavy atom. The van der Waals surface area contributed by atoms with E-state index >= 15 is 0 Å².